The lowest BCUT2D eigenvalue weighted by molar-refractivity contribution is -0.116. The molecule has 1 fully saturated rings. The van der Waals surface area contributed by atoms with E-state index in [1.807, 2.05) is 23.1 Å². The molecule has 11 nitrogen and oxygen atoms in total. The molecule has 1 saturated heterocycles. The number of aromatic nitrogens is 1. The summed E-state index contributed by atoms with van der Waals surface area (Å²) >= 11 is 5.67. The average Bonchev–Trinajstić information content (AvgIpc) is 3.61. The summed E-state index contributed by atoms with van der Waals surface area (Å²) in [5.74, 6) is -1.47. The van der Waals surface area contributed by atoms with Crippen molar-refractivity contribution >= 4 is 40.9 Å². The lowest BCUT2D eigenvalue weighted by Gasteiger charge is -2.26. The monoisotopic (exact) mass is 586 g/mol. The Hall–Kier alpha value is -5.23. The number of nitrogens with zero attached hydrogens (tertiary/aromatic N) is 2. The first-order valence-corrected chi connectivity index (χ1v) is 13.3. The summed E-state index contributed by atoms with van der Waals surface area (Å²) < 4.78 is 11.5. The van der Waals surface area contributed by atoms with Crippen LogP contribution in [0.15, 0.2) is 83.4 Å². The van der Waals surface area contributed by atoms with E-state index >= 15 is 0 Å². The zero-order valence-electron chi connectivity index (χ0n) is 22.3. The number of anilines is 1. The third-order valence-corrected chi connectivity index (χ3v) is 7.14. The van der Waals surface area contributed by atoms with Gasteiger partial charge in [0, 0.05) is 24.7 Å². The third kappa shape index (κ3) is 5.93. The van der Waals surface area contributed by atoms with Crippen LogP contribution >= 0.6 is 12.2 Å². The average molecular weight is 587 g/mol. The molecule has 1 amide bonds. The summed E-state index contributed by atoms with van der Waals surface area (Å²) in [6.45, 7) is 0.245. The number of pyridine rings is 1. The summed E-state index contributed by atoms with van der Waals surface area (Å²) in [6, 6.07) is 18.8. The molecule has 0 bridgehead atoms. The number of thiocarbonyl (C=S) groups is 1. The number of ether oxygens (including phenoxy) is 1. The highest BCUT2D eigenvalue weighted by atomic mass is 32.1. The maximum absolute atomic E-state index is 12.9. The van der Waals surface area contributed by atoms with E-state index in [2.05, 4.69) is 15.6 Å². The minimum atomic E-state index is -1.26. The van der Waals surface area contributed by atoms with Crippen molar-refractivity contribution in [3.8, 4) is 17.1 Å². The SMILES string of the molecule is COc1ccccc1NC(=O)CCN1C(=S)N[C@@H](c2ccccn2)[C@@H]1c1ccc(-c2cc(C(=O)O)cc(C(=O)O)c2)o1. The Balaban J connectivity index is 1.44. The van der Waals surface area contributed by atoms with Gasteiger partial charge in [0.1, 0.15) is 23.3 Å². The first-order valence-electron chi connectivity index (χ1n) is 12.9. The number of carbonyl (C=O) groups excluding carboxylic acids is 1. The normalized spacial score (nSPS) is 16.1. The highest BCUT2D eigenvalue weighted by molar-refractivity contribution is 7.80. The molecule has 5 rings (SSSR count). The summed E-state index contributed by atoms with van der Waals surface area (Å²) in [5, 5.41) is 25.5. The van der Waals surface area contributed by atoms with Gasteiger partial charge in [-0.25, -0.2) is 9.59 Å². The molecular weight excluding hydrogens is 560 g/mol. The molecule has 2 aromatic heterocycles. The van der Waals surface area contributed by atoms with Crippen LogP contribution in [0.2, 0.25) is 0 Å². The van der Waals surface area contributed by atoms with Crippen LogP contribution in [0, 0.1) is 0 Å². The van der Waals surface area contributed by atoms with Gasteiger partial charge < -0.3 is 34.9 Å². The maximum Gasteiger partial charge on any atom is 0.335 e. The number of aromatic carboxylic acids is 2. The molecule has 214 valence electrons. The fourth-order valence-corrected chi connectivity index (χ4v) is 5.15. The number of nitrogens with one attached hydrogen (secondary N) is 2. The van der Waals surface area contributed by atoms with E-state index in [0.717, 1.165) is 6.07 Å². The predicted octanol–water partition coefficient (Wildman–Crippen LogP) is 4.75. The number of carboxylic acid groups (broad SMARTS) is 2. The van der Waals surface area contributed by atoms with Crippen LogP contribution in [0.25, 0.3) is 11.3 Å². The van der Waals surface area contributed by atoms with Crippen LogP contribution in [0.3, 0.4) is 0 Å². The predicted molar refractivity (Wildman–Crippen MR) is 156 cm³/mol. The first kappa shape index (κ1) is 28.3. The molecule has 2 atom stereocenters. The van der Waals surface area contributed by atoms with Gasteiger partial charge in [0.15, 0.2) is 5.11 Å². The van der Waals surface area contributed by atoms with E-state index in [9.17, 15) is 24.6 Å². The van der Waals surface area contributed by atoms with Gasteiger partial charge in [-0.3, -0.25) is 9.78 Å². The number of methoxy groups -OCH3 is 1. The van der Waals surface area contributed by atoms with Crippen molar-refractivity contribution < 1.29 is 33.8 Å². The van der Waals surface area contributed by atoms with E-state index in [-0.39, 0.29) is 35.8 Å². The van der Waals surface area contributed by atoms with E-state index in [0.29, 0.717) is 33.6 Å². The number of benzene rings is 2. The Morgan fingerprint density at radius 3 is 2.40 bits per heavy atom. The summed E-state index contributed by atoms with van der Waals surface area (Å²) in [5.41, 5.74) is 1.19. The number of carboxylic acids is 2. The van der Waals surface area contributed by atoms with E-state index in [1.54, 1.807) is 42.6 Å². The number of para-hydroxylation sites is 2. The second-order valence-electron chi connectivity index (χ2n) is 9.43. The summed E-state index contributed by atoms with van der Waals surface area (Å²) in [7, 11) is 1.53. The molecule has 0 spiro atoms. The Labute approximate surface area is 245 Å². The smallest absolute Gasteiger partial charge is 0.335 e. The van der Waals surface area contributed by atoms with Crippen LogP contribution in [0.1, 0.15) is 50.7 Å². The molecule has 4 aromatic rings. The van der Waals surface area contributed by atoms with Crippen molar-refractivity contribution in [2.45, 2.75) is 18.5 Å². The second kappa shape index (κ2) is 12.1. The van der Waals surface area contributed by atoms with E-state index in [4.69, 9.17) is 21.4 Å². The number of hydrogen-bond donors (Lipinski definition) is 4. The zero-order valence-corrected chi connectivity index (χ0v) is 23.1. The molecule has 0 radical (unpaired) electrons. The first-order chi connectivity index (χ1) is 20.2. The molecule has 1 aliphatic heterocycles. The Morgan fingerprint density at radius 2 is 1.74 bits per heavy atom. The standard InChI is InChI=1S/C30H26N4O7S/c1-40-23-8-3-2-6-20(23)32-25(35)11-13-34-27(26(33-30(34)42)21-7-4-5-12-31-21)24-10-9-22(41-24)17-14-18(28(36)37)16-19(15-17)29(38)39/h2-10,12,14-16,26-27H,11,13H2,1H3,(H,32,35)(H,33,42)(H,36,37)(H,38,39)/t26-,27-/m0/s1. The van der Waals surface area contributed by atoms with Crippen molar-refractivity contribution in [3.05, 3.63) is 102 Å². The van der Waals surface area contributed by atoms with Crippen LogP contribution < -0.4 is 15.4 Å². The molecule has 12 heteroatoms. The molecule has 1 aliphatic rings. The van der Waals surface area contributed by atoms with Crippen molar-refractivity contribution in [2.75, 3.05) is 19.0 Å². The fraction of sp³-hybridized carbons (Fsp3) is 0.167. The Bertz CT molecular complexity index is 1620. The molecule has 4 N–H and O–H groups in total. The topological polar surface area (TPSA) is 154 Å². The number of hydrogen-bond acceptors (Lipinski definition) is 7. The maximum atomic E-state index is 12.9. The number of amides is 1. The lowest BCUT2D eigenvalue weighted by atomic mass is 10.0. The van der Waals surface area contributed by atoms with Gasteiger partial charge in [0.2, 0.25) is 5.91 Å². The lowest BCUT2D eigenvalue weighted by Crippen LogP contribution is -2.32. The van der Waals surface area contributed by atoms with Crippen molar-refractivity contribution in [1.82, 2.24) is 15.2 Å². The van der Waals surface area contributed by atoms with E-state index < -0.39 is 24.0 Å². The molecule has 0 saturated carbocycles. The number of carbonyl (C=O) groups is 3. The fourth-order valence-electron chi connectivity index (χ4n) is 4.82. The van der Waals surface area contributed by atoms with Crippen molar-refractivity contribution in [2.24, 2.45) is 0 Å². The summed E-state index contributed by atoms with van der Waals surface area (Å²) in [4.78, 5) is 42.5. The number of rotatable bonds is 10. The van der Waals surface area contributed by atoms with Crippen LogP contribution in [-0.4, -0.2) is 56.7 Å². The highest BCUT2D eigenvalue weighted by Crippen LogP contribution is 2.40. The Morgan fingerprint density at radius 1 is 1.02 bits per heavy atom. The van der Waals surface area contributed by atoms with Crippen LogP contribution in [0.5, 0.6) is 5.75 Å². The molecule has 0 unspecified atom stereocenters. The molecule has 42 heavy (non-hydrogen) atoms. The van der Waals surface area contributed by atoms with Crippen molar-refractivity contribution in [3.63, 3.8) is 0 Å². The second-order valence-corrected chi connectivity index (χ2v) is 9.82. The zero-order chi connectivity index (χ0) is 29.8. The van der Waals surface area contributed by atoms with E-state index in [1.165, 1.54) is 19.2 Å². The van der Waals surface area contributed by atoms with Gasteiger partial charge in [-0.2, -0.15) is 0 Å². The summed E-state index contributed by atoms with van der Waals surface area (Å²) in [6.07, 6.45) is 1.76. The van der Waals surface area contributed by atoms with Crippen LogP contribution in [0.4, 0.5) is 5.69 Å². The van der Waals surface area contributed by atoms with Gasteiger partial charge in [0.25, 0.3) is 0 Å². The molecule has 3 heterocycles. The van der Waals surface area contributed by atoms with Gasteiger partial charge >= 0.3 is 11.9 Å². The molecular formula is C30H26N4O7S. The minimum absolute atomic E-state index is 0.0987. The van der Waals surface area contributed by atoms with Crippen molar-refractivity contribution in [1.29, 1.82) is 0 Å². The largest absolute Gasteiger partial charge is 0.495 e. The molecule has 2 aromatic carbocycles. The molecule has 0 aliphatic carbocycles. The van der Waals surface area contributed by atoms with Gasteiger partial charge in [-0.1, -0.05) is 18.2 Å². The quantitative estimate of drug-likeness (QED) is 0.190. The third-order valence-electron chi connectivity index (χ3n) is 6.79. The van der Waals surface area contributed by atoms with Gasteiger partial charge in [-0.15, -0.1) is 0 Å². The Kier molecular flexibility index (Phi) is 8.16. The van der Waals surface area contributed by atoms with Crippen LogP contribution in [-0.2, 0) is 4.79 Å². The highest BCUT2D eigenvalue weighted by Gasteiger charge is 2.41. The van der Waals surface area contributed by atoms with Gasteiger partial charge in [0.05, 0.1) is 35.7 Å². The number of furan rings is 1. The minimum Gasteiger partial charge on any atom is -0.495 e. The van der Waals surface area contributed by atoms with Gasteiger partial charge in [-0.05, 0) is 66.8 Å².